The molecule has 0 aliphatic carbocycles. The molecule has 1 unspecified atom stereocenters. The molecule has 3 heteroatoms. The van der Waals surface area contributed by atoms with Gasteiger partial charge in [-0.25, -0.2) is 0 Å². The molecule has 98 valence electrons. The van der Waals surface area contributed by atoms with E-state index in [0.717, 1.165) is 17.5 Å². The Morgan fingerprint density at radius 2 is 1.89 bits per heavy atom. The topological polar surface area (TPSA) is 46.5 Å². The van der Waals surface area contributed by atoms with Crippen LogP contribution in [-0.4, -0.2) is 16.7 Å². The number of carbonyl (C=O) groups excluding carboxylic acids is 1. The van der Waals surface area contributed by atoms with Crippen LogP contribution in [-0.2, 0) is 16.0 Å². The van der Waals surface area contributed by atoms with Crippen LogP contribution in [0.15, 0.2) is 12.1 Å². The number of aryl methyl sites for hydroxylation is 2. The van der Waals surface area contributed by atoms with Gasteiger partial charge in [0.1, 0.15) is 11.4 Å². The van der Waals surface area contributed by atoms with E-state index in [1.54, 1.807) is 12.1 Å². The van der Waals surface area contributed by atoms with Crippen molar-refractivity contribution in [3.8, 4) is 5.75 Å². The molecule has 0 spiro atoms. The van der Waals surface area contributed by atoms with Crippen molar-refractivity contribution in [2.24, 2.45) is 5.92 Å². The Morgan fingerprint density at radius 3 is 2.33 bits per heavy atom. The van der Waals surface area contributed by atoms with Gasteiger partial charge < -0.3 is 9.84 Å². The Labute approximate surface area is 108 Å². The summed E-state index contributed by atoms with van der Waals surface area (Å²) in [4.78, 5) is 11.4. The first-order valence-electron chi connectivity index (χ1n) is 6.30. The third-order valence-electron chi connectivity index (χ3n) is 3.90. The van der Waals surface area contributed by atoms with Crippen LogP contribution in [0, 0.1) is 19.8 Å². The van der Waals surface area contributed by atoms with E-state index in [4.69, 9.17) is 4.74 Å². The molecule has 1 atom stereocenters. The van der Waals surface area contributed by atoms with Crippen LogP contribution >= 0.6 is 0 Å². The van der Waals surface area contributed by atoms with E-state index < -0.39 is 5.60 Å². The van der Waals surface area contributed by atoms with Crippen LogP contribution in [0.5, 0.6) is 5.75 Å². The van der Waals surface area contributed by atoms with Gasteiger partial charge in [-0.3, -0.25) is 4.79 Å². The monoisotopic (exact) mass is 248 g/mol. The van der Waals surface area contributed by atoms with Crippen molar-refractivity contribution in [3.05, 3.63) is 28.8 Å². The summed E-state index contributed by atoms with van der Waals surface area (Å²) in [6.07, 6.45) is 1.30. The van der Waals surface area contributed by atoms with Crippen molar-refractivity contribution in [1.29, 1.82) is 0 Å². The number of benzene rings is 1. The van der Waals surface area contributed by atoms with E-state index in [2.05, 4.69) is 0 Å². The average molecular weight is 248 g/mol. The minimum absolute atomic E-state index is 0.112. The summed E-state index contributed by atoms with van der Waals surface area (Å²) in [5.74, 6) is 0.387. The lowest BCUT2D eigenvalue weighted by Gasteiger charge is -2.26. The van der Waals surface area contributed by atoms with E-state index in [1.165, 1.54) is 5.56 Å². The lowest BCUT2D eigenvalue weighted by Crippen LogP contribution is -2.29. The fourth-order valence-electron chi connectivity index (χ4n) is 2.72. The highest BCUT2D eigenvalue weighted by Gasteiger charge is 2.41. The van der Waals surface area contributed by atoms with Crippen LogP contribution in [0.4, 0.5) is 0 Å². The predicted molar refractivity (Wildman–Crippen MR) is 69.6 cm³/mol. The number of carbonyl (C=O) groups is 1. The molecule has 1 N–H and O–H groups in total. The fraction of sp³-hybridized carbons (Fsp3) is 0.533. The Kier molecular flexibility index (Phi) is 3.09. The molecule has 0 bridgehead atoms. The normalized spacial score (nSPS) is 22.0. The van der Waals surface area contributed by atoms with Crippen LogP contribution in [0.3, 0.4) is 0 Å². The highest BCUT2D eigenvalue weighted by atomic mass is 16.6. The highest BCUT2D eigenvalue weighted by molar-refractivity contribution is 5.72. The van der Waals surface area contributed by atoms with Crippen molar-refractivity contribution in [2.45, 2.75) is 46.1 Å². The molecule has 1 aromatic carbocycles. The van der Waals surface area contributed by atoms with Gasteiger partial charge in [-0.05, 0) is 62.9 Å². The molecule has 0 saturated carbocycles. The Morgan fingerprint density at radius 1 is 1.33 bits per heavy atom. The van der Waals surface area contributed by atoms with Gasteiger partial charge in [-0.2, -0.15) is 0 Å². The molecule has 3 nitrogen and oxygen atoms in total. The lowest BCUT2D eigenvalue weighted by atomic mass is 9.83. The van der Waals surface area contributed by atoms with E-state index in [0.29, 0.717) is 12.2 Å². The predicted octanol–water partition coefficient (Wildman–Crippen LogP) is 2.89. The molecule has 1 saturated heterocycles. The van der Waals surface area contributed by atoms with Crippen molar-refractivity contribution in [1.82, 2.24) is 0 Å². The van der Waals surface area contributed by atoms with E-state index in [1.807, 2.05) is 27.7 Å². The number of rotatable bonds is 2. The second-order valence-corrected chi connectivity index (χ2v) is 5.74. The molecular weight excluding hydrogens is 228 g/mol. The summed E-state index contributed by atoms with van der Waals surface area (Å²) in [6, 6.07) is 3.54. The quantitative estimate of drug-likeness (QED) is 0.819. The molecule has 1 aromatic rings. The number of hydrogen-bond acceptors (Lipinski definition) is 3. The fourth-order valence-corrected chi connectivity index (χ4v) is 2.72. The third kappa shape index (κ3) is 2.35. The van der Waals surface area contributed by atoms with E-state index >= 15 is 0 Å². The maximum Gasteiger partial charge on any atom is 0.306 e. The highest BCUT2D eigenvalue weighted by Crippen LogP contribution is 2.36. The number of phenolic OH excluding ortho intramolecular Hbond substituents is 1. The van der Waals surface area contributed by atoms with Gasteiger partial charge in [0.25, 0.3) is 0 Å². The van der Waals surface area contributed by atoms with Crippen LogP contribution < -0.4 is 0 Å². The number of aromatic hydroxyl groups is 1. The number of esters is 1. The standard InChI is InChI=1S/C15H20O3/c1-9-5-12(16)6-10(2)13(9)7-11-8-14(17)18-15(11,3)4/h5-6,11,16H,7-8H2,1-4H3. The maximum absolute atomic E-state index is 11.4. The van der Waals surface area contributed by atoms with Gasteiger partial charge in [0.05, 0.1) is 6.42 Å². The summed E-state index contributed by atoms with van der Waals surface area (Å²) < 4.78 is 5.35. The first kappa shape index (κ1) is 12.9. The van der Waals surface area contributed by atoms with Crippen LogP contribution in [0.25, 0.3) is 0 Å². The molecule has 18 heavy (non-hydrogen) atoms. The molecule has 1 aliphatic heterocycles. The summed E-state index contributed by atoms with van der Waals surface area (Å²) in [7, 11) is 0. The zero-order valence-electron chi connectivity index (χ0n) is 11.4. The Hall–Kier alpha value is -1.51. The van der Waals surface area contributed by atoms with Gasteiger partial charge >= 0.3 is 5.97 Å². The molecule has 1 aliphatic rings. The summed E-state index contributed by atoms with van der Waals surface area (Å²) in [6.45, 7) is 7.92. The minimum atomic E-state index is -0.395. The van der Waals surface area contributed by atoms with Gasteiger partial charge in [0.2, 0.25) is 0 Å². The van der Waals surface area contributed by atoms with Crippen molar-refractivity contribution >= 4 is 5.97 Å². The first-order valence-corrected chi connectivity index (χ1v) is 6.30. The van der Waals surface area contributed by atoms with Gasteiger partial charge in [-0.15, -0.1) is 0 Å². The van der Waals surface area contributed by atoms with Crippen LogP contribution in [0.2, 0.25) is 0 Å². The number of hydrogen-bond donors (Lipinski definition) is 1. The Balaban J connectivity index is 2.27. The van der Waals surface area contributed by atoms with Gasteiger partial charge in [-0.1, -0.05) is 0 Å². The van der Waals surface area contributed by atoms with Crippen molar-refractivity contribution in [3.63, 3.8) is 0 Å². The largest absolute Gasteiger partial charge is 0.508 e. The molecule has 1 fully saturated rings. The van der Waals surface area contributed by atoms with Gasteiger partial charge in [0, 0.05) is 5.92 Å². The number of ether oxygens (including phenoxy) is 1. The maximum atomic E-state index is 11.4. The summed E-state index contributed by atoms with van der Waals surface area (Å²) >= 11 is 0. The van der Waals surface area contributed by atoms with E-state index in [9.17, 15) is 9.90 Å². The number of phenols is 1. The molecule has 0 aromatic heterocycles. The smallest absolute Gasteiger partial charge is 0.306 e. The molecule has 2 rings (SSSR count). The third-order valence-corrected chi connectivity index (χ3v) is 3.90. The van der Waals surface area contributed by atoms with Gasteiger partial charge in [0.15, 0.2) is 0 Å². The van der Waals surface area contributed by atoms with E-state index in [-0.39, 0.29) is 11.9 Å². The molecule has 0 radical (unpaired) electrons. The SMILES string of the molecule is Cc1cc(O)cc(C)c1CC1CC(=O)OC1(C)C. The molecular formula is C15H20O3. The average Bonchev–Trinajstić information content (AvgIpc) is 2.45. The zero-order valence-corrected chi connectivity index (χ0v) is 11.4. The molecule has 1 heterocycles. The van der Waals surface area contributed by atoms with Crippen LogP contribution in [0.1, 0.15) is 37.0 Å². The second kappa shape index (κ2) is 4.30. The van der Waals surface area contributed by atoms with Crippen molar-refractivity contribution < 1.29 is 14.6 Å². The number of cyclic esters (lactones) is 1. The first-order chi connectivity index (χ1) is 8.29. The minimum Gasteiger partial charge on any atom is -0.508 e. The lowest BCUT2D eigenvalue weighted by molar-refractivity contribution is -0.146. The zero-order chi connectivity index (χ0) is 13.5. The summed E-state index contributed by atoms with van der Waals surface area (Å²) in [5, 5.41) is 9.55. The summed E-state index contributed by atoms with van der Waals surface area (Å²) in [5.41, 5.74) is 2.96. The molecule has 0 amide bonds. The second-order valence-electron chi connectivity index (χ2n) is 5.74. The Bertz CT molecular complexity index is 466. The van der Waals surface area contributed by atoms with Crippen molar-refractivity contribution in [2.75, 3.05) is 0 Å².